The number of carboxylic acid groups (broad SMARTS) is 2. The predicted molar refractivity (Wildman–Crippen MR) is 55.0 cm³/mol. The summed E-state index contributed by atoms with van der Waals surface area (Å²) in [4.78, 5) is 32.2. The minimum atomic E-state index is -1.22. The third kappa shape index (κ3) is 6.77. The molecule has 7 heteroatoms. The van der Waals surface area contributed by atoms with Crippen LogP contribution < -0.4 is 10.6 Å². The molecule has 0 aromatic carbocycles. The highest BCUT2D eigenvalue weighted by atomic mass is 16.4. The van der Waals surface area contributed by atoms with E-state index < -0.39 is 23.9 Å². The second-order valence-electron chi connectivity index (χ2n) is 3.24. The minimum Gasteiger partial charge on any atom is -0.481 e. The molecule has 0 rings (SSSR count). The van der Waals surface area contributed by atoms with Gasteiger partial charge in [-0.05, 0) is 13.5 Å². The first kappa shape index (κ1) is 14.4. The number of nitrogens with one attached hydrogen (secondary N) is 2. The Morgan fingerprint density at radius 3 is 2.25 bits per heavy atom. The van der Waals surface area contributed by atoms with Crippen molar-refractivity contribution in [2.24, 2.45) is 0 Å². The van der Waals surface area contributed by atoms with Gasteiger partial charge in [-0.3, -0.25) is 9.59 Å². The van der Waals surface area contributed by atoms with Crippen molar-refractivity contribution in [2.45, 2.75) is 25.3 Å². The van der Waals surface area contributed by atoms with Crippen LogP contribution in [0.3, 0.4) is 0 Å². The van der Waals surface area contributed by atoms with Gasteiger partial charge in [0, 0.05) is 19.4 Å². The van der Waals surface area contributed by atoms with E-state index in [2.05, 4.69) is 10.6 Å². The van der Waals surface area contributed by atoms with Gasteiger partial charge in [-0.2, -0.15) is 0 Å². The van der Waals surface area contributed by atoms with Crippen molar-refractivity contribution in [2.75, 3.05) is 13.6 Å². The number of carboxylic acids is 2. The Morgan fingerprint density at radius 1 is 1.19 bits per heavy atom. The molecule has 0 bridgehead atoms. The molecule has 92 valence electrons. The molecular formula is C9H16N2O5. The van der Waals surface area contributed by atoms with Gasteiger partial charge in [-0.25, -0.2) is 4.79 Å². The normalized spacial score (nSPS) is 11.8. The van der Waals surface area contributed by atoms with Gasteiger partial charge in [0.15, 0.2) is 0 Å². The Bertz CT molecular complexity index is 267. The van der Waals surface area contributed by atoms with Crippen LogP contribution >= 0.6 is 0 Å². The maximum absolute atomic E-state index is 11.2. The largest absolute Gasteiger partial charge is 0.481 e. The molecule has 1 amide bonds. The molecule has 0 heterocycles. The van der Waals surface area contributed by atoms with Crippen LogP contribution in [0.15, 0.2) is 0 Å². The van der Waals surface area contributed by atoms with Crippen molar-refractivity contribution in [3.8, 4) is 0 Å². The summed E-state index contributed by atoms with van der Waals surface area (Å²) < 4.78 is 0. The summed E-state index contributed by atoms with van der Waals surface area (Å²) in [5.74, 6) is -2.72. The summed E-state index contributed by atoms with van der Waals surface area (Å²) in [6.45, 7) is 0.442. The summed E-state index contributed by atoms with van der Waals surface area (Å²) in [5, 5.41) is 22.2. The number of carbonyl (C=O) groups excluding carboxylic acids is 1. The molecule has 0 aliphatic rings. The zero-order chi connectivity index (χ0) is 12.6. The zero-order valence-corrected chi connectivity index (χ0v) is 9.02. The van der Waals surface area contributed by atoms with Crippen molar-refractivity contribution in [3.63, 3.8) is 0 Å². The molecule has 0 saturated carbocycles. The molecule has 0 radical (unpaired) electrons. The maximum atomic E-state index is 11.2. The average molecular weight is 232 g/mol. The fourth-order valence-electron chi connectivity index (χ4n) is 1.03. The van der Waals surface area contributed by atoms with Crippen molar-refractivity contribution >= 4 is 17.8 Å². The fourth-order valence-corrected chi connectivity index (χ4v) is 1.03. The van der Waals surface area contributed by atoms with Gasteiger partial charge in [0.05, 0.1) is 0 Å². The number of hydrogen-bond donors (Lipinski definition) is 4. The number of amides is 1. The third-order valence-electron chi connectivity index (χ3n) is 1.88. The first-order valence-corrected chi connectivity index (χ1v) is 4.86. The Balaban J connectivity index is 4.07. The van der Waals surface area contributed by atoms with Crippen molar-refractivity contribution in [3.05, 3.63) is 0 Å². The van der Waals surface area contributed by atoms with Gasteiger partial charge < -0.3 is 20.8 Å². The van der Waals surface area contributed by atoms with E-state index in [1.165, 1.54) is 0 Å². The smallest absolute Gasteiger partial charge is 0.326 e. The lowest BCUT2D eigenvalue weighted by Gasteiger charge is -2.13. The van der Waals surface area contributed by atoms with E-state index in [1.807, 2.05) is 0 Å². The van der Waals surface area contributed by atoms with Crippen LogP contribution in [-0.4, -0.2) is 47.7 Å². The lowest BCUT2D eigenvalue weighted by Crippen LogP contribution is -2.41. The van der Waals surface area contributed by atoms with Crippen LogP contribution in [0.4, 0.5) is 0 Å². The van der Waals surface area contributed by atoms with E-state index in [0.29, 0.717) is 6.54 Å². The van der Waals surface area contributed by atoms with Crippen LogP contribution in [0.5, 0.6) is 0 Å². The molecule has 0 aliphatic heterocycles. The first-order chi connectivity index (χ1) is 7.47. The highest BCUT2D eigenvalue weighted by Crippen LogP contribution is 1.98. The maximum Gasteiger partial charge on any atom is 0.326 e. The molecular weight excluding hydrogens is 216 g/mol. The van der Waals surface area contributed by atoms with E-state index in [-0.39, 0.29) is 19.3 Å². The monoisotopic (exact) mass is 232 g/mol. The highest BCUT2D eigenvalue weighted by Gasteiger charge is 2.20. The lowest BCUT2D eigenvalue weighted by molar-refractivity contribution is -0.143. The molecule has 0 aliphatic carbocycles. The van der Waals surface area contributed by atoms with Gasteiger partial charge >= 0.3 is 11.9 Å². The van der Waals surface area contributed by atoms with E-state index in [0.717, 1.165) is 0 Å². The molecule has 16 heavy (non-hydrogen) atoms. The molecule has 7 nitrogen and oxygen atoms in total. The van der Waals surface area contributed by atoms with Gasteiger partial charge in [-0.15, -0.1) is 0 Å². The van der Waals surface area contributed by atoms with Crippen LogP contribution in [0.1, 0.15) is 19.3 Å². The Hall–Kier alpha value is -1.63. The fraction of sp³-hybridized carbons (Fsp3) is 0.667. The van der Waals surface area contributed by atoms with Crippen molar-refractivity contribution < 1.29 is 24.6 Å². The van der Waals surface area contributed by atoms with Crippen molar-refractivity contribution in [1.82, 2.24) is 10.6 Å². The second kappa shape index (κ2) is 7.63. The molecule has 0 saturated heterocycles. The van der Waals surface area contributed by atoms with Crippen LogP contribution in [-0.2, 0) is 14.4 Å². The summed E-state index contributed by atoms with van der Waals surface area (Å²) in [6, 6.07) is -1.14. The Kier molecular flexibility index (Phi) is 6.86. The summed E-state index contributed by atoms with van der Waals surface area (Å²) in [5.41, 5.74) is 0. The van der Waals surface area contributed by atoms with E-state index >= 15 is 0 Å². The molecule has 0 unspecified atom stereocenters. The predicted octanol–water partition coefficient (Wildman–Crippen LogP) is -0.970. The average Bonchev–Trinajstić information content (AvgIpc) is 2.20. The second-order valence-corrected chi connectivity index (χ2v) is 3.24. The van der Waals surface area contributed by atoms with Gasteiger partial charge in [-0.1, -0.05) is 0 Å². The van der Waals surface area contributed by atoms with Gasteiger partial charge in [0.25, 0.3) is 0 Å². The minimum absolute atomic E-state index is 0.115. The van der Waals surface area contributed by atoms with E-state index in [9.17, 15) is 14.4 Å². The summed E-state index contributed by atoms with van der Waals surface area (Å²) in [6.07, 6.45) is -0.243. The zero-order valence-electron chi connectivity index (χ0n) is 9.02. The number of aliphatic carboxylic acids is 2. The van der Waals surface area contributed by atoms with Crippen molar-refractivity contribution in [1.29, 1.82) is 0 Å². The molecule has 0 aromatic heterocycles. The SMILES string of the molecule is CNCCC(=O)N[C@@H](CCC(=O)O)C(=O)O. The summed E-state index contributed by atoms with van der Waals surface area (Å²) >= 11 is 0. The first-order valence-electron chi connectivity index (χ1n) is 4.86. The molecule has 0 aromatic rings. The number of carbonyl (C=O) groups is 3. The molecule has 0 spiro atoms. The Morgan fingerprint density at radius 2 is 1.81 bits per heavy atom. The molecule has 4 N–H and O–H groups in total. The standard InChI is InChI=1S/C9H16N2O5/c1-10-5-4-7(12)11-6(9(15)16)2-3-8(13)14/h6,10H,2-5H2,1H3,(H,11,12)(H,13,14)(H,15,16)/t6-/m0/s1. The highest BCUT2D eigenvalue weighted by molar-refractivity contribution is 5.84. The van der Waals surface area contributed by atoms with Gasteiger partial charge in [0.1, 0.15) is 6.04 Å². The quantitative estimate of drug-likeness (QED) is 0.428. The lowest BCUT2D eigenvalue weighted by atomic mass is 10.1. The number of hydrogen-bond acceptors (Lipinski definition) is 4. The van der Waals surface area contributed by atoms with Crippen LogP contribution in [0, 0.1) is 0 Å². The van der Waals surface area contributed by atoms with Crippen LogP contribution in [0.25, 0.3) is 0 Å². The molecule has 1 atom stereocenters. The molecule has 0 fully saturated rings. The summed E-state index contributed by atoms with van der Waals surface area (Å²) in [7, 11) is 1.67. The third-order valence-corrected chi connectivity index (χ3v) is 1.88. The van der Waals surface area contributed by atoms with E-state index in [4.69, 9.17) is 10.2 Å². The Labute approximate surface area is 92.8 Å². The number of rotatable bonds is 8. The van der Waals surface area contributed by atoms with E-state index in [1.54, 1.807) is 7.05 Å². The topological polar surface area (TPSA) is 116 Å². The van der Waals surface area contributed by atoms with Crippen LogP contribution in [0.2, 0.25) is 0 Å². The van der Waals surface area contributed by atoms with Gasteiger partial charge in [0.2, 0.25) is 5.91 Å².